The molecule has 3 aromatic carbocycles. The largest absolute Gasteiger partial charge is 0.0616 e. The zero-order chi connectivity index (χ0) is 13.1. The Morgan fingerprint density at radius 2 is 1.42 bits per heavy atom. The van der Waals surface area contributed by atoms with Crippen LogP contribution in [0.1, 0.15) is 16.7 Å². The summed E-state index contributed by atoms with van der Waals surface area (Å²) in [5.41, 5.74) is 3.79. The van der Waals surface area contributed by atoms with Crippen LogP contribution in [0.25, 0.3) is 22.9 Å². The van der Waals surface area contributed by atoms with Gasteiger partial charge in [0.15, 0.2) is 0 Å². The molecule has 0 unspecified atom stereocenters. The van der Waals surface area contributed by atoms with E-state index in [1.165, 1.54) is 27.5 Å². The van der Waals surface area contributed by atoms with Crippen molar-refractivity contribution < 1.29 is 0 Å². The summed E-state index contributed by atoms with van der Waals surface area (Å²) < 4.78 is 0. The molecule has 0 nitrogen and oxygen atoms in total. The highest BCUT2D eigenvalue weighted by Gasteiger charge is 1.96. The number of hydrogen-bond acceptors (Lipinski definition) is 0. The number of benzene rings is 3. The Hall–Kier alpha value is -2.34. The van der Waals surface area contributed by atoms with E-state index in [0.717, 1.165) is 0 Å². The molecular formula is C19H16. The van der Waals surface area contributed by atoms with Gasteiger partial charge in [0.1, 0.15) is 0 Å². The zero-order valence-electron chi connectivity index (χ0n) is 11.0. The normalized spacial score (nSPS) is 11.2. The van der Waals surface area contributed by atoms with E-state index in [-0.39, 0.29) is 0 Å². The van der Waals surface area contributed by atoms with Crippen molar-refractivity contribution in [1.82, 2.24) is 0 Å². The molecule has 0 aliphatic heterocycles. The van der Waals surface area contributed by atoms with Gasteiger partial charge in [-0.2, -0.15) is 0 Å². The molecular weight excluding hydrogens is 228 g/mol. The first-order chi connectivity index (χ1) is 9.33. The second-order valence-corrected chi connectivity index (χ2v) is 4.81. The van der Waals surface area contributed by atoms with Gasteiger partial charge in [0, 0.05) is 0 Å². The third kappa shape index (κ3) is 2.58. The molecule has 0 fully saturated rings. The van der Waals surface area contributed by atoms with Crippen LogP contribution >= 0.6 is 0 Å². The molecule has 92 valence electrons. The lowest BCUT2D eigenvalue weighted by atomic mass is 10.0. The fourth-order valence-corrected chi connectivity index (χ4v) is 2.26. The van der Waals surface area contributed by atoms with Gasteiger partial charge in [-0.25, -0.2) is 0 Å². The molecule has 0 aliphatic rings. The Balaban J connectivity index is 1.99. The minimum Gasteiger partial charge on any atom is -0.0616 e. The van der Waals surface area contributed by atoms with Gasteiger partial charge in [-0.3, -0.25) is 0 Å². The molecule has 0 amide bonds. The highest BCUT2D eigenvalue weighted by atomic mass is 14.0. The molecule has 0 atom stereocenters. The van der Waals surface area contributed by atoms with Crippen molar-refractivity contribution >= 4 is 22.9 Å². The molecule has 3 aromatic rings. The van der Waals surface area contributed by atoms with E-state index in [2.05, 4.69) is 85.8 Å². The maximum atomic E-state index is 2.19. The van der Waals surface area contributed by atoms with E-state index in [4.69, 9.17) is 0 Å². The third-order valence-corrected chi connectivity index (χ3v) is 3.36. The van der Waals surface area contributed by atoms with Gasteiger partial charge < -0.3 is 0 Å². The smallest absolute Gasteiger partial charge is 0.0111 e. The van der Waals surface area contributed by atoms with Crippen molar-refractivity contribution in [3.63, 3.8) is 0 Å². The van der Waals surface area contributed by atoms with Gasteiger partial charge in [-0.05, 0) is 28.8 Å². The Kier molecular flexibility index (Phi) is 3.16. The molecule has 0 saturated heterocycles. The topological polar surface area (TPSA) is 0 Å². The molecule has 19 heavy (non-hydrogen) atoms. The lowest BCUT2D eigenvalue weighted by molar-refractivity contribution is 1.46. The van der Waals surface area contributed by atoms with Crippen LogP contribution in [0.3, 0.4) is 0 Å². The Labute approximate surface area is 114 Å². The van der Waals surface area contributed by atoms with Crippen molar-refractivity contribution in [3.8, 4) is 0 Å². The third-order valence-electron chi connectivity index (χ3n) is 3.36. The van der Waals surface area contributed by atoms with Gasteiger partial charge >= 0.3 is 0 Å². The monoisotopic (exact) mass is 244 g/mol. The summed E-state index contributed by atoms with van der Waals surface area (Å²) in [6, 6.07) is 23.5. The maximum absolute atomic E-state index is 2.19. The predicted octanol–water partition coefficient (Wildman–Crippen LogP) is 5.32. The summed E-state index contributed by atoms with van der Waals surface area (Å²) in [5, 5.41) is 2.59. The molecule has 0 aliphatic carbocycles. The first-order valence-electron chi connectivity index (χ1n) is 6.55. The van der Waals surface area contributed by atoms with Crippen molar-refractivity contribution in [3.05, 3.63) is 83.4 Å². The van der Waals surface area contributed by atoms with Crippen LogP contribution in [0.2, 0.25) is 0 Å². The first-order valence-corrected chi connectivity index (χ1v) is 6.55. The van der Waals surface area contributed by atoms with Crippen LogP contribution in [-0.2, 0) is 0 Å². The fourth-order valence-electron chi connectivity index (χ4n) is 2.26. The van der Waals surface area contributed by atoms with E-state index < -0.39 is 0 Å². The minimum atomic E-state index is 1.23. The van der Waals surface area contributed by atoms with Crippen LogP contribution in [0, 0.1) is 6.92 Å². The zero-order valence-corrected chi connectivity index (χ0v) is 11.0. The van der Waals surface area contributed by atoms with Gasteiger partial charge in [0.2, 0.25) is 0 Å². The first kappa shape index (κ1) is 11.7. The Morgan fingerprint density at radius 3 is 2.26 bits per heavy atom. The van der Waals surface area contributed by atoms with Gasteiger partial charge in [0.25, 0.3) is 0 Å². The summed E-state index contributed by atoms with van der Waals surface area (Å²) in [6.45, 7) is 2.11. The molecule has 0 heteroatoms. The second kappa shape index (κ2) is 5.11. The van der Waals surface area contributed by atoms with Crippen molar-refractivity contribution in [2.75, 3.05) is 0 Å². The Bertz CT molecular complexity index is 713. The summed E-state index contributed by atoms with van der Waals surface area (Å²) >= 11 is 0. The van der Waals surface area contributed by atoms with E-state index in [1.807, 2.05) is 0 Å². The average Bonchev–Trinajstić information content (AvgIpc) is 2.47. The van der Waals surface area contributed by atoms with Crippen LogP contribution < -0.4 is 0 Å². The number of fused-ring (bicyclic) bond motifs is 1. The molecule has 0 saturated carbocycles. The summed E-state index contributed by atoms with van der Waals surface area (Å²) in [7, 11) is 0. The van der Waals surface area contributed by atoms with E-state index in [9.17, 15) is 0 Å². The van der Waals surface area contributed by atoms with E-state index >= 15 is 0 Å². The molecule has 0 heterocycles. The van der Waals surface area contributed by atoms with Crippen molar-refractivity contribution in [2.24, 2.45) is 0 Å². The van der Waals surface area contributed by atoms with Crippen LogP contribution in [0.4, 0.5) is 0 Å². The quantitative estimate of drug-likeness (QED) is 0.535. The Morgan fingerprint density at radius 1 is 0.684 bits per heavy atom. The lowest BCUT2D eigenvalue weighted by Gasteiger charge is -2.01. The second-order valence-electron chi connectivity index (χ2n) is 4.81. The maximum Gasteiger partial charge on any atom is -0.0111 e. The van der Waals surface area contributed by atoms with Crippen molar-refractivity contribution in [2.45, 2.75) is 6.92 Å². The average molecular weight is 244 g/mol. The SMILES string of the molecule is Cc1ccc(/C=C\c2cccc3ccccc23)cc1. The number of rotatable bonds is 2. The summed E-state index contributed by atoms with van der Waals surface area (Å²) in [4.78, 5) is 0. The highest BCUT2D eigenvalue weighted by molar-refractivity contribution is 5.92. The summed E-state index contributed by atoms with van der Waals surface area (Å²) in [5.74, 6) is 0. The standard InChI is InChI=1S/C19H16/c1-15-9-11-16(12-10-15)13-14-18-7-4-6-17-5-2-3-8-19(17)18/h2-14H,1H3/b14-13-. The van der Waals surface area contributed by atoms with Gasteiger partial charge in [-0.15, -0.1) is 0 Å². The van der Waals surface area contributed by atoms with Crippen LogP contribution in [0.15, 0.2) is 66.7 Å². The number of aryl methyl sites for hydroxylation is 1. The van der Waals surface area contributed by atoms with Gasteiger partial charge in [0.05, 0.1) is 0 Å². The highest BCUT2D eigenvalue weighted by Crippen LogP contribution is 2.20. The molecule has 3 rings (SSSR count). The molecule has 0 bridgehead atoms. The van der Waals surface area contributed by atoms with Gasteiger partial charge in [-0.1, -0.05) is 84.4 Å². The molecule has 0 aromatic heterocycles. The van der Waals surface area contributed by atoms with Crippen LogP contribution in [-0.4, -0.2) is 0 Å². The lowest BCUT2D eigenvalue weighted by Crippen LogP contribution is -1.78. The van der Waals surface area contributed by atoms with Crippen molar-refractivity contribution in [1.29, 1.82) is 0 Å². The molecule has 0 spiro atoms. The van der Waals surface area contributed by atoms with E-state index in [0.29, 0.717) is 0 Å². The predicted molar refractivity (Wildman–Crippen MR) is 84.1 cm³/mol. The molecule has 0 radical (unpaired) electrons. The minimum absolute atomic E-state index is 1.23. The fraction of sp³-hybridized carbons (Fsp3) is 0.0526. The molecule has 0 N–H and O–H groups in total. The summed E-state index contributed by atoms with van der Waals surface area (Å²) in [6.07, 6.45) is 4.36. The van der Waals surface area contributed by atoms with Crippen LogP contribution in [0.5, 0.6) is 0 Å². The van der Waals surface area contributed by atoms with E-state index in [1.54, 1.807) is 0 Å². The number of hydrogen-bond donors (Lipinski definition) is 0.